The molecule has 0 fully saturated rings. The van der Waals surface area contributed by atoms with Gasteiger partial charge in [0.2, 0.25) is 5.95 Å². The van der Waals surface area contributed by atoms with Crippen LogP contribution in [0.4, 0.5) is 11.8 Å². The van der Waals surface area contributed by atoms with Crippen LogP contribution in [-0.2, 0) is 13.1 Å². The van der Waals surface area contributed by atoms with Gasteiger partial charge in [-0.25, -0.2) is 9.55 Å². The lowest BCUT2D eigenvalue weighted by molar-refractivity contribution is -0.692. The van der Waals surface area contributed by atoms with Crippen molar-refractivity contribution in [1.82, 2.24) is 24.5 Å². The van der Waals surface area contributed by atoms with Gasteiger partial charge in [-0.15, -0.1) is 0 Å². The van der Waals surface area contributed by atoms with Gasteiger partial charge in [-0.2, -0.15) is 9.97 Å². The molecule has 22 heavy (non-hydrogen) atoms. The zero-order valence-electron chi connectivity index (χ0n) is 12.6. The molecule has 4 N–H and O–H groups in total. The van der Waals surface area contributed by atoms with Gasteiger partial charge in [-0.05, 0) is 5.92 Å². The van der Waals surface area contributed by atoms with Crippen molar-refractivity contribution in [1.29, 1.82) is 0 Å². The van der Waals surface area contributed by atoms with Crippen molar-refractivity contribution in [3.8, 4) is 0 Å². The second kappa shape index (κ2) is 5.55. The molecular weight excluding hydrogens is 280 g/mol. The Balaban J connectivity index is 2.13. The van der Waals surface area contributed by atoms with Gasteiger partial charge in [0.15, 0.2) is 22.8 Å². The van der Waals surface area contributed by atoms with E-state index in [2.05, 4.69) is 38.4 Å². The number of nitrogens with two attached hydrogens (primary N) is 2. The first-order valence-corrected chi connectivity index (χ1v) is 7.11. The van der Waals surface area contributed by atoms with E-state index in [9.17, 15) is 0 Å². The number of hydrogen-bond donors (Lipinski definition) is 2. The number of aromatic nitrogens is 6. The predicted molar refractivity (Wildman–Crippen MR) is 82.5 cm³/mol. The molecule has 0 aliphatic heterocycles. The van der Waals surface area contributed by atoms with Crippen molar-refractivity contribution in [2.24, 2.45) is 5.92 Å². The Labute approximate surface area is 127 Å². The van der Waals surface area contributed by atoms with Crippen LogP contribution in [0.1, 0.15) is 19.7 Å². The lowest BCUT2D eigenvalue weighted by Gasteiger charge is -2.10. The van der Waals surface area contributed by atoms with Crippen LogP contribution >= 0.6 is 0 Å². The second-order valence-electron chi connectivity index (χ2n) is 5.60. The van der Waals surface area contributed by atoms with E-state index in [4.69, 9.17) is 11.5 Å². The molecule has 3 aromatic rings. The Morgan fingerprint density at radius 3 is 2.73 bits per heavy atom. The number of nitrogen functional groups attached to an aromatic ring is 2. The first-order chi connectivity index (χ1) is 10.5. The van der Waals surface area contributed by atoms with E-state index >= 15 is 0 Å². The van der Waals surface area contributed by atoms with Crippen LogP contribution < -0.4 is 16.0 Å². The van der Waals surface area contributed by atoms with Gasteiger partial charge in [0, 0.05) is 12.6 Å². The van der Waals surface area contributed by atoms with Crippen molar-refractivity contribution in [3.63, 3.8) is 0 Å². The quantitative estimate of drug-likeness (QED) is 0.673. The molecule has 3 heterocycles. The molecule has 0 aliphatic carbocycles. The molecule has 0 aliphatic rings. The highest BCUT2D eigenvalue weighted by Crippen LogP contribution is 2.21. The van der Waals surface area contributed by atoms with Crippen LogP contribution in [0.3, 0.4) is 0 Å². The molecule has 0 spiro atoms. The zero-order chi connectivity index (χ0) is 15.7. The van der Waals surface area contributed by atoms with Crippen LogP contribution in [0.5, 0.6) is 0 Å². The molecule has 0 saturated heterocycles. The Bertz CT molecular complexity index is 793. The predicted octanol–water partition coefficient (Wildman–Crippen LogP) is 0.378. The molecule has 0 aromatic carbocycles. The van der Waals surface area contributed by atoms with Gasteiger partial charge in [0.25, 0.3) is 6.33 Å². The lowest BCUT2D eigenvalue weighted by Crippen LogP contribution is -2.35. The average molecular weight is 299 g/mol. The number of hydrogen-bond acceptors (Lipinski definition) is 6. The molecular formula is C14H19N8+. The van der Waals surface area contributed by atoms with Crippen LogP contribution in [0.15, 0.2) is 24.8 Å². The average Bonchev–Trinajstić information content (AvgIpc) is 2.78. The molecule has 114 valence electrons. The van der Waals surface area contributed by atoms with Crippen molar-refractivity contribution in [2.45, 2.75) is 26.9 Å². The molecule has 0 atom stereocenters. The van der Waals surface area contributed by atoms with Crippen LogP contribution in [0, 0.1) is 5.92 Å². The van der Waals surface area contributed by atoms with Gasteiger partial charge in [-0.3, -0.25) is 0 Å². The second-order valence-corrected chi connectivity index (χ2v) is 5.60. The van der Waals surface area contributed by atoms with E-state index < -0.39 is 0 Å². The zero-order valence-corrected chi connectivity index (χ0v) is 12.6. The normalized spacial score (nSPS) is 11.4. The SMILES string of the molecule is CC(C)Cn1c(C[n+]2cccnc2)nc2c(N)nc(N)nc21. The van der Waals surface area contributed by atoms with E-state index in [0.29, 0.717) is 29.4 Å². The fraction of sp³-hybridized carbons (Fsp3) is 0.357. The van der Waals surface area contributed by atoms with Crippen molar-refractivity contribution >= 4 is 22.9 Å². The summed E-state index contributed by atoms with van der Waals surface area (Å²) in [6.07, 6.45) is 5.43. The number of nitrogens with zero attached hydrogens (tertiary/aromatic N) is 6. The third kappa shape index (κ3) is 2.67. The maximum absolute atomic E-state index is 5.94. The molecule has 3 rings (SSSR count). The third-order valence-corrected chi connectivity index (χ3v) is 3.25. The van der Waals surface area contributed by atoms with Gasteiger partial charge in [0.05, 0.1) is 6.20 Å². The van der Waals surface area contributed by atoms with Gasteiger partial charge in [-0.1, -0.05) is 18.8 Å². The monoisotopic (exact) mass is 299 g/mol. The van der Waals surface area contributed by atoms with Crippen LogP contribution in [0.2, 0.25) is 0 Å². The number of anilines is 2. The van der Waals surface area contributed by atoms with E-state index in [-0.39, 0.29) is 5.95 Å². The Hall–Kier alpha value is -2.77. The fourth-order valence-electron chi connectivity index (χ4n) is 2.38. The molecule has 3 aromatic heterocycles. The Morgan fingerprint density at radius 1 is 1.23 bits per heavy atom. The van der Waals surface area contributed by atoms with Crippen LogP contribution in [0.25, 0.3) is 11.2 Å². The summed E-state index contributed by atoms with van der Waals surface area (Å²) in [5, 5.41) is 0. The molecule has 0 radical (unpaired) electrons. The number of fused-ring (bicyclic) bond motifs is 1. The molecule has 8 nitrogen and oxygen atoms in total. The van der Waals surface area contributed by atoms with Crippen molar-refractivity contribution in [2.75, 3.05) is 11.5 Å². The molecule has 0 amide bonds. The Morgan fingerprint density at radius 2 is 2.05 bits per heavy atom. The highest BCUT2D eigenvalue weighted by molar-refractivity contribution is 5.83. The van der Waals surface area contributed by atoms with E-state index in [1.54, 1.807) is 12.5 Å². The summed E-state index contributed by atoms with van der Waals surface area (Å²) in [5.74, 6) is 1.76. The van der Waals surface area contributed by atoms with Crippen molar-refractivity contribution in [3.05, 3.63) is 30.6 Å². The highest BCUT2D eigenvalue weighted by Gasteiger charge is 2.18. The summed E-state index contributed by atoms with van der Waals surface area (Å²) in [5.41, 5.74) is 12.9. The van der Waals surface area contributed by atoms with Gasteiger partial charge < -0.3 is 16.0 Å². The summed E-state index contributed by atoms with van der Waals surface area (Å²) < 4.78 is 4.00. The molecule has 0 saturated carbocycles. The minimum atomic E-state index is 0.162. The maximum Gasteiger partial charge on any atom is 0.286 e. The van der Waals surface area contributed by atoms with E-state index in [1.807, 2.05) is 16.8 Å². The van der Waals surface area contributed by atoms with Crippen molar-refractivity contribution < 1.29 is 4.57 Å². The van der Waals surface area contributed by atoms with Gasteiger partial charge >= 0.3 is 0 Å². The first kappa shape index (κ1) is 14.2. The first-order valence-electron chi connectivity index (χ1n) is 7.11. The van der Waals surface area contributed by atoms with E-state index in [1.165, 1.54) is 0 Å². The fourth-order valence-corrected chi connectivity index (χ4v) is 2.38. The minimum absolute atomic E-state index is 0.162. The summed E-state index contributed by atoms with van der Waals surface area (Å²) in [6.45, 7) is 5.64. The molecule has 8 heteroatoms. The third-order valence-electron chi connectivity index (χ3n) is 3.25. The summed E-state index contributed by atoms with van der Waals surface area (Å²) in [6, 6.07) is 1.88. The minimum Gasteiger partial charge on any atom is -0.382 e. The van der Waals surface area contributed by atoms with Crippen LogP contribution in [-0.4, -0.2) is 24.5 Å². The topological polar surface area (TPSA) is 112 Å². The van der Waals surface area contributed by atoms with Gasteiger partial charge in [0.1, 0.15) is 12.7 Å². The smallest absolute Gasteiger partial charge is 0.286 e. The maximum atomic E-state index is 5.94. The summed E-state index contributed by atoms with van der Waals surface area (Å²) in [4.78, 5) is 17.0. The summed E-state index contributed by atoms with van der Waals surface area (Å²) >= 11 is 0. The molecule has 0 unspecified atom stereocenters. The Kier molecular flexibility index (Phi) is 3.58. The lowest BCUT2D eigenvalue weighted by atomic mass is 10.2. The highest BCUT2D eigenvalue weighted by atomic mass is 15.2. The number of rotatable bonds is 4. The molecule has 0 bridgehead atoms. The largest absolute Gasteiger partial charge is 0.382 e. The van der Waals surface area contributed by atoms with E-state index in [0.717, 1.165) is 12.4 Å². The standard InChI is InChI=1S/C14H19N8/c1-9(2)6-22-10(7-21-5-3-4-17-8-21)18-11-12(15)19-14(16)20-13(11)22/h3-5,8-9H,6-7H2,1-2H3,(H4,15,16,19,20)/q+1. The number of imidazole rings is 1. The summed E-state index contributed by atoms with van der Waals surface area (Å²) in [7, 11) is 0.